The van der Waals surface area contributed by atoms with Crippen LogP contribution >= 0.6 is 23.2 Å². The summed E-state index contributed by atoms with van der Waals surface area (Å²) < 4.78 is 0. The fraction of sp³-hybridized carbons (Fsp3) is 0.533. The van der Waals surface area contributed by atoms with Crippen molar-refractivity contribution in [2.75, 3.05) is 6.54 Å². The molecule has 2 rings (SSSR count). The van der Waals surface area contributed by atoms with Crippen LogP contribution in [-0.2, 0) is 17.8 Å². The number of hydrogen-bond donors (Lipinski definition) is 1. The normalized spacial score (nSPS) is 17.6. The van der Waals surface area contributed by atoms with Gasteiger partial charge in [-0.3, -0.25) is 4.79 Å². The van der Waals surface area contributed by atoms with Gasteiger partial charge in [-0.25, -0.2) is 0 Å². The van der Waals surface area contributed by atoms with Crippen LogP contribution in [0.2, 0.25) is 10.0 Å². The number of amides is 1. The Balaban J connectivity index is 2.21. The number of nitrogens with two attached hydrogens (primary N) is 1. The van der Waals surface area contributed by atoms with Gasteiger partial charge < -0.3 is 10.6 Å². The SMILES string of the molecule is CCCC(C)(N)C(=O)N1CCc2c(Cl)cc(Cl)cc2C1. The molecule has 0 fully saturated rings. The predicted molar refractivity (Wildman–Crippen MR) is 83.1 cm³/mol. The highest BCUT2D eigenvalue weighted by atomic mass is 35.5. The molecule has 0 aliphatic carbocycles. The Morgan fingerprint density at radius 1 is 1.45 bits per heavy atom. The molecular formula is C15H20Cl2N2O. The lowest BCUT2D eigenvalue weighted by Gasteiger charge is -2.35. The first-order valence-electron chi connectivity index (χ1n) is 6.90. The van der Waals surface area contributed by atoms with Crippen molar-refractivity contribution in [1.29, 1.82) is 0 Å². The van der Waals surface area contributed by atoms with E-state index in [2.05, 4.69) is 0 Å². The van der Waals surface area contributed by atoms with Crippen molar-refractivity contribution >= 4 is 29.1 Å². The van der Waals surface area contributed by atoms with Crippen LogP contribution in [-0.4, -0.2) is 22.9 Å². The van der Waals surface area contributed by atoms with Crippen molar-refractivity contribution in [2.45, 2.75) is 45.2 Å². The molecule has 0 saturated carbocycles. The van der Waals surface area contributed by atoms with Crippen LogP contribution in [0.4, 0.5) is 0 Å². The lowest BCUT2D eigenvalue weighted by molar-refractivity contribution is -0.137. The molecule has 0 saturated heterocycles. The van der Waals surface area contributed by atoms with E-state index in [9.17, 15) is 4.79 Å². The molecule has 20 heavy (non-hydrogen) atoms. The Kier molecular flexibility index (Phi) is 4.62. The van der Waals surface area contributed by atoms with Gasteiger partial charge in [-0.2, -0.15) is 0 Å². The molecule has 1 amide bonds. The van der Waals surface area contributed by atoms with Gasteiger partial charge in [-0.15, -0.1) is 0 Å². The standard InChI is InChI=1S/C15H20Cl2N2O/c1-3-5-15(2,18)14(20)19-6-4-12-10(9-19)7-11(16)8-13(12)17/h7-8H,3-6,9,18H2,1-2H3. The van der Waals surface area contributed by atoms with Crippen molar-refractivity contribution in [1.82, 2.24) is 4.90 Å². The van der Waals surface area contributed by atoms with Crippen molar-refractivity contribution in [3.63, 3.8) is 0 Å². The van der Waals surface area contributed by atoms with Crippen LogP contribution in [0.15, 0.2) is 12.1 Å². The minimum atomic E-state index is -0.797. The fourth-order valence-electron chi connectivity index (χ4n) is 2.77. The molecule has 1 aromatic carbocycles. The Morgan fingerprint density at radius 2 is 2.15 bits per heavy atom. The van der Waals surface area contributed by atoms with E-state index < -0.39 is 5.54 Å². The summed E-state index contributed by atoms with van der Waals surface area (Å²) in [5.74, 6) is 0.00102. The van der Waals surface area contributed by atoms with Gasteiger partial charge in [0.1, 0.15) is 0 Å². The molecule has 1 unspecified atom stereocenters. The second kappa shape index (κ2) is 5.92. The minimum Gasteiger partial charge on any atom is -0.336 e. The molecular weight excluding hydrogens is 295 g/mol. The zero-order chi connectivity index (χ0) is 14.9. The number of carbonyl (C=O) groups is 1. The molecule has 110 valence electrons. The van der Waals surface area contributed by atoms with E-state index in [1.807, 2.05) is 17.9 Å². The van der Waals surface area contributed by atoms with Gasteiger partial charge in [-0.1, -0.05) is 36.5 Å². The van der Waals surface area contributed by atoms with Gasteiger partial charge in [0.05, 0.1) is 5.54 Å². The first-order chi connectivity index (χ1) is 9.35. The number of hydrogen-bond acceptors (Lipinski definition) is 2. The topological polar surface area (TPSA) is 46.3 Å². The van der Waals surface area contributed by atoms with Crippen molar-refractivity contribution in [2.24, 2.45) is 5.73 Å². The molecule has 0 radical (unpaired) electrons. The number of halogens is 2. The second-order valence-electron chi connectivity index (χ2n) is 5.67. The van der Waals surface area contributed by atoms with E-state index in [1.54, 1.807) is 13.0 Å². The van der Waals surface area contributed by atoms with Gasteiger partial charge in [0.15, 0.2) is 0 Å². The van der Waals surface area contributed by atoms with Gasteiger partial charge in [-0.05, 0) is 43.0 Å². The maximum atomic E-state index is 12.5. The maximum Gasteiger partial charge on any atom is 0.242 e. The quantitative estimate of drug-likeness (QED) is 0.929. The zero-order valence-electron chi connectivity index (χ0n) is 11.9. The van der Waals surface area contributed by atoms with Crippen LogP contribution in [0.3, 0.4) is 0 Å². The zero-order valence-corrected chi connectivity index (χ0v) is 13.4. The highest BCUT2D eigenvalue weighted by Gasteiger charge is 2.33. The van der Waals surface area contributed by atoms with E-state index in [-0.39, 0.29) is 5.91 Å². The largest absolute Gasteiger partial charge is 0.336 e. The number of nitrogens with zero attached hydrogens (tertiary/aromatic N) is 1. The van der Waals surface area contributed by atoms with Gasteiger partial charge in [0.2, 0.25) is 5.91 Å². The summed E-state index contributed by atoms with van der Waals surface area (Å²) in [5.41, 5.74) is 7.46. The highest BCUT2D eigenvalue weighted by molar-refractivity contribution is 6.35. The van der Waals surface area contributed by atoms with Crippen LogP contribution in [0, 0.1) is 0 Å². The second-order valence-corrected chi connectivity index (χ2v) is 6.51. The lowest BCUT2D eigenvalue weighted by atomic mass is 9.93. The van der Waals surface area contributed by atoms with Gasteiger partial charge in [0.25, 0.3) is 0 Å². The molecule has 1 atom stereocenters. The monoisotopic (exact) mass is 314 g/mol. The third-order valence-corrected chi connectivity index (χ3v) is 4.35. The molecule has 1 heterocycles. The molecule has 3 nitrogen and oxygen atoms in total. The summed E-state index contributed by atoms with van der Waals surface area (Å²) in [6.07, 6.45) is 2.32. The Labute approximate surface area is 130 Å². The van der Waals surface area contributed by atoms with E-state index in [0.717, 1.165) is 24.0 Å². The molecule has 1 aliphatic rings. The molecule has 5 heteroatoms. The summed E-state index contributed by atoms with van der Waals surface area (Å²) in [6.45, 7) is 5.03. The molecule has 1 aliphatic heterocycles. The average Bonchev–Trinajstić information content (AvgIpc) is 2.36. The third kappa shape index (κ3) is 3.11. The predicted octanol–water partition coefficient (Wildman–Crippen LogP) is 3.40. The summed E-state index contributed by atoms with van der Waals surface area (Å²) >= 11 is 12.2. The highest BCUT2D eigenvalue weighted by Crippen LogP contribution is 2.30. The minimum absolute atomic E-state index is 0.00102. The van der Waals surface area contributed by atoms with Gasteiger partial charge in [0, 0.05) is 23.1 Å². The van der Waals surface area contributed by atoms with Gasteiger partial charge >= 0.3 is 0 Å². The van der Waals surface area contributed by atoms with Crippen molar-refractivity contribution < 1.29 is 4.79 Å². The Hall–Kier alpha value is -0.770. The number of carbonyl (C=O) groups excluding carboxylic acids is 1. The van der Waals surface area contributed by atoms with E-state index >= 15 is 0 Å². The van der Waals surface area contributed by atoms with E-state index in [1.165, 1.54) is 0 Å². The van der Waals surface area contributed by atoms with Crippen molar-refractivity contribution in [3.8, 4) is 0 Å². The van der Waals surface area contributed by atoms with E-state index in [4.69, 9.17) is 28.9 Å². The summed E-state index contributed by atoms with van der Waals surface area (Å²) in [6, 6.07) is 3.64. The lowest BCUT2D eigenvalue weighted by Crippen LogP contribution is -2.54. The first kappa shape index (κ1) is 15.6. The molecule has 0 aromatic heterocycles. The summed E-state index contributed by atoms with van der Waals surface area (Å²) in [5, 5.41) is 1.29. The smallest absolute Gasteiger partial charge is 0.242 e. The van der Waals surface area contributed by atoms with Crippen LogP contribution in [0.25, 0.3) is 0 Å². The average molecular weight is 315 g/mol. The molecule has 2 N–H and O–H groups in total. The number of fused-ring (bicyclic) bond motifs is 1. The Morgan fingerprint density at radius 3 is 2.80 bits per heavy atom. The van der Waals surface area contributed by atoms with Crippen LogP contribution < -0.4 is 5.73 Å². The molecule has 0 spiro atoms. The summed E-state index contributed by atoms with van der Waals surface area (Å²) in [7, 11) is 0. The van der Waals surface area contributed by atoms with E-state index in [0.29, 0.717) is 29.6 Å². The number of benzene rings is 1. The molecule has 1 aromatic rings. The fourth-order valence-corrected chi connectivity index (χ4v) is 3.40. The molecule has 0 bridgehead atoms. The first-order valence-corrected chi connectivity index (χ1v) is 7.66. The maximum absolute atomic E-state index is 12.5. The Bertz CT molecular complexity index is 529. The van der Waals surface area contributed by atoms with Crippen LogP contribution in [0.1, 0.15) is 37.8 Å². The number of rotatable bonds is 3. The third-order valence-electron chi connectivity index (χ3n) is 3.79. The summed E-state index contributed by atoms with van der Waals surface area (Å²) in [4.78, 5) is 14.3. The van der Waals surface area contributed by atoms with Crippen molar-refractivity contribution in [3.05, 3.63) is 33.3 Å². The van der Waals surface area contributed by atoms with Crippen LogP contribution in [0.5, 0.6) is 0 Å².